The molecule has 0 fully saturated rings. The minimum Gasteiger partial charge on any atom is -0.378 e. The van der Waals surface area contributed by atoms with Crippen molar-refractivity contribution in [1.29, 1.82) is 0 Å². The van der Waals surface area contributed by atoms with Crippen molar-refractivity contribution in [2.24, 2.45) is 0 Å². The summed E-state index contributed by atoms with van der Waals surface area (Å²) in [7, 11) is 4.09. The van der Waals surface area contributed by atoms with Gasteiger partial charge >= 0.3 is 0 Å². The first-order valence-electron chi connectivity index (χ1n) is 7.69. The van der Waals surface area contributed by atoms with Crippen LogP contribution in [-0.2, 0) is 10.3 Å². The van der Waals surface area contributed by atoms with Crippen molar-refractivity contribution >= 4 is 0 Å². The molecule has 118 valence electrons. The monoisotopic (exact) mass is 299 g/mol. The second kappa shape index (κ2) is 8.08. The van der Waals surface area contributed by atoms with Crippen molar-refractivity contribution in [1.82, 2.24) is 4.90 Å². The van der Waals surface area contributed by atoms with Crippen LogP contribution < -0.4 is 0 Å². The lowest BCUT2D eigenvalue weighted by Gasteiger charge is -2.29. The topological polar surface area (TPSA) is 32.7 Å². The van der Waals surface area contributed by atoms with E-state index >= 15 is 0 Å². The number of rotatable bonds is 8. The Labute approximate surface area is 133 Å². The first-order chi connectivity index (χ1) is 10.6. The van der Waals surface area contributed by atoms with Crippen molar-refractivity contribution in [3.05, 3.63) is 71.8 Å². The van der Waals surface area contributed by atoms with E-state index in [1.807, 2.05) is 74.8 Å². The van der Waals surface area contributed by atoms with Gasteiger partial charge in [-0.1, -0.05) is 60.7 Å². The van der Waals surface area contributed by atoms with Crippen LogP contribution >= 0.6 is 0 Å². The molecule has 0 saturated heterocycles. The third kappa shape index (κ3) is 4.41. The van der Waals surface area contributed by atoms with Crippen LogP contribution in [0.4, 0.5) is 0 Å². The van der Waals surface area contributed by atoms with Crippen molar-refractivity contribution in [3.63, 3.8) is 0 Å². The summed E-state index contributed by atoms with van der Waals surface area (Å²) >= 11 is 0. The number of nitrogens with zero attached hydrogens (tertiary/aromatic N) is 1. The zero-order valence-corrected chi connectivity index (χ0v) is 13.4. The average molecular weight is 299 g/mol. The number of hydrogen-bond acceptors (Lipinski definition) is 3. The van der Waals surface area contributed by atoms with Gasteiger partial charge in [0.15, 0.2) is 0 Å². The molecule has 0 aliphatic heterocycles. The standard InChI is InChI=1S/C19H25NO2/c1-20(2)14-9-15-22-16-19(21,17-10-5-3-6-11-17)18-12-7-4-8-13-18/h3-8,10-13,21H,9,14-16H2,1-2H3. The maximum atomic E-state index is 11.2. The molecule has 2 aromatic carbocycles. The smallest absolute Gasteiger partial charge is 0.138 e. The fourth-order valence-corrected chi connectivity index (χ4v) is 2.46. The van der Waals surface area contributed by atoms with Gasteiger partial charge in [-0.3, -0.25) is 0 Å². The highest BCUT2D eigenvalue weighted by Gasteiger charge is 2.31. The molecule has 0 atom stereocenters. The maximum Gasteiger partial charge on any atom is 0.138 e. The van der Waals surface area contributed by atoms with Crippen LogP contribution in [0, 0.1) is 0 Å². The van der Waals surface area contributed by atoms with Crippen LogP contribution in [0.5, 0.6) is 0 Å². The van der Waals surface area contributed by atoms with Crippen LogP contribution in [0.15, 0.2) is 60.7 Å². The predicted octanol–water partition coefficient (Wildman–Crippen LogP) is 2.89. The van der Waals surface area contributed by atoms with Gasteiger partial charge in [0, 0.05) is 6.61 Å². The Kier molecular flexibility index (Phi) is 6.13. The molecule has 0 radical (unpaired) electrons. The summed E-state index contributed by atoms with van der Waals surface area (Å²) < 4.78 is 5.78. The third-order valence-electron chi connectivity index (χ3n) is 3.71. The molecule has 2 rings (SSSR count). The fourth-order valence-electron chi connectivity index (χ4n) is 2.46. The molecule has 2 aromatic rings. The zero-order chi connectivity index (χ0) is 15.8. The van der Waals surface area contributed by atoms with E-state index in [2.05, 4.69) is 4.90 Å². The van der Waals surface area contributed by atoms with Gasteiger partial charge in [0.25, 0.3) is 0 Å². The molecule has 0 amide bonds. The zero-order valence-electron chi connectivity index (χ0n) is 13.4. The lowest BCUT2D eigenvalue weighted by molar-refractivity contribution is -0.0234. The Morgan fingerprint density at radius 3 is 1.86 bits per heavy atom. The van der Waals surface area contributed by atoms with Crippen LogP contribution in [0.3, 0.4) is 0 Å². The van der Waals surface area contributed by atoms with E-state index in [0.717, 1.165) is 24.1 Å². The Morgan fingerprint density at radius 1 is 0.909 bits per heavy atom. The number of ether oxygens (including phenoxy) is 1. The Hall–Kier alpha value is -1.68. The van der Waals surface area contributed by atoms with E-state index in [1.165, 1.54) is 0 Å². The highest BCUT2D eigenvalue weighted by Crippen LogP contribution is 2.29. The molecule has 0 saturated carbocycles. The van der Waals surface area contributed by atoms with Gasteiger partial charge in [0.05, 0.1) is 6.61 Å². The second-order valence-electron chi connectivity index (χ2n) is 5.80. The number of hydrogen-bond donors (Lipinski definition) is 1. The lowest BCUT2D eigenvalue weighted by Crippen LogP contribution is -2.33. The molecule has 0 aliphatic rings. The molecular formula is C19H25NO2. The van der Waals surface area contributed by atoms with E-state index in [4.69, 9.17) is 4.74 Å². The van der Waals surface area contributed by atoms with Crippen LogP contribution in [0.2, 0.25) is 0 Å². The summed E-state index contributed by atoms with van der Waals surface area (Å²) in [6, 6.07) is 19.4. The molecule has 0 aliphatic carbocycles. The molecule has 0 heterocycles. The van der Waals surface area contributed by atoms with E-state index in [9.17, 15) is 5.11 Å². The molecule has 0 unspecified atom stereocenters. The van der Waals surface area contributed by atoms with E-state index in [1.54, 1.807) is 0 Å². The minimum atomic E-state index is -1.11. The minimum absolute atomic E-state index is 0.258. The number of aliphatic hydroxyl groups is 1. The highest BCUT2D eigenvalue weighted by molar-refractivity contribution is 5.35. The summed E-state index contributed by atoms with van der Waals surface area (Å²) in [6.45, 7) is 1.88. The molecule has 3 nitrogen and oxygen atoms in total. The predicted molar refractivity (Wildman–Crippen MR) is 89.9 cm³/mol. The van der Waals surface area contributed by atoms with Crippen LogP contribution in [0.25, 0.3) is 0 Å². The summed E-state index contributed by atoms with van der Waals surface area (Å²) in [5.74, 6) is 0. The third-order valence-corrected chi connectivity index (χ3v) is 3.71. The van der Waals surface area contributed by atoms with Crippen LogP contribution in [0.1, 0.15) is 17.5 Å². The molecule has 3 heteroatoms. The van der Waals surface area contributed by atoms with Gasteiger partial charge in [0.1, 0.15) is 5.60 Å². The SMILES string of the molecule is CN(C)CCCOCC(O)(c1ccccc1)c1ccccc1. The molecular weight excluding hydrogens is 274 g/mol. The van der Waals surface area contributed by atoms with Crippen molar-refractivity contribution in [2.45, 2.75) is 12.0 Å². The summed E-state index contributed by atoms with van der Waals surface area (Å²) in [5, 5.41) is 11.2. The fraction of sp³-hybridized carbons (Fsp3) is 0.368. The van der Waals surface area contributed by atoms with Gasteiger partial charge in [-0.05, 0) is 38.2 Å². The quantitative estimate of drug-likeness (QED) is 0.761. The number of benzene rings is 2. The molecule has 1 N–H and O–H groups in total. The van der Waals surface area contributed by atoms with Gasteiger partial charge in [-0.25, -0.2) is 0 Å². The van der Waals surface area contributed by atoms with Gasteiger partial charge in [-0.15, -0.1) is 0 Å². The van der Waals surface area contributed by atoms with Crippen molar-refractivity contribution in [2.75, 3.05) is 33.9 Å². The Morgan fingerprint density at radius 2 is 1.41 bits per heavy atom. The van der Waals surface area contributed by atoms with Crippen molar-refractivity contribution in [3.8, 4) is 0 Å². The van der Waals surface area contributed by atoms with Crippen molar-refractivity contribution < 1.29 is 9.84 Å². The van der Waals surface area contributed by atoms with E-state index in [0.29, 0.717) is 6.61 Å². The van der Waals surface area contributed by atoms with Gasteiger partial charge < -0.3 is 14.7 Å². The highest BCUT2D eigenvalue weighted by atomic mass is 16.5. The Bertz CT molecular complexity index is 500. The van der Waals surface area contributed by atoms with E-state index in [-0.39, 0.29) is 6.61 Å². The van der Waals surface area contributed by atoms with Gasteiger partial charge in [-0.2, -0.15) is 0 Å². The molecule has 0 aromatic heterocycles. The lowest BCUT2D eigenvalue weighted by atomic mass is 9.87. The van der Waals surface area contributed by atoms with Gasteiger partial charge in [0.2, 0.25) is 0 Å². The maximum absolute atomic E-state index is 11.2. The summed E-state index contributed by atoms with van der Waals surface area (Å²) in [5.41, 5.74) is 0.600. The first kappa shape index (κ1) is 16.7. The first-order valence-corrected chi connectivity index (χ1v) is 7.69. The Balaban J connectivity index is 2.10. The van der Waals surface area contributed by atoms with E-state index < -0.39 is 5.60 Å². The molecule has 0 bridgehead atoms. The average Bonchev–Trinajstić information content (AvgIpc) is 2.55. The second-order valence-corrected chi connectivity index (χ2v) is 5.80. The molecule has 0 spiro atoms. The van der Waals surface area contributed by atoms with Crippen LogP contribution in [-0.4, -0.2) is 43.9 Å². The summed E-state index contributed by atoms with van der Waals surface area (Å²) in [4.78, 5) is 2.13. The normalized spacial score (nSPS) is 11.8. The summed E-state index contributed by atoms with van der Waals surface area (Å²) in [6.07, 6.45) is 0.951. The molecule has 22 heavy (non-hydrogen) atoms. The largest absolute Gasteiger partial charge is 0.378 e.